The summed E-state index contributed by atoms with van der Waals surface area (Å²) >= 11 is 0. The second-order valence-electron chi connectivity index (χ2n) is 9.36. The van der Waals surface area contributed by atoms with Crippen LogP contribution in [0.15, 0.2) is 6.20 Å². The molecule has 3 N–H and O–H groups in total. The average molecular weight is 429 g/mol. The van der Waals surface area contributed by atoms with Gasteiger partial charge in [-0.2, -0.15) is 5.10 Å². The molecule has 6 nitrogen and oxygen atoms in total. The number of unbranched alkanes of at least 4 members (excludes halogenated alkanes) is 4. The molecule has 1 aliphatic rings. The molecule has 0 radical (unpaired) electrons. The zero-order valence-electron chi connectivity index (χ0n) is 18.6. The maximum Gasteiger partial charge on any atom is 0.412 e. The molecule has 1 heterocycles. The van der Waals surface area contributed by atoms with Gasteiger partial charge in [-0.3, -0.25) is 10.00 Å². The number of halogens is 2. The first-order chi connectivity index (χ1) is 14.2. The molecule has 0 saturated heterocycles. The second-order valence-corrected chi connectivity index (χ2v) is 9.36. The standard InChI is InChI=1S/C22H38F2N4O2/c1-22(2,3)30-21(29)26-18-15-28(27-19(18)20(23)24)17-12-10-16(11-13-17)9-7-5-4-6-8-14-25/h15-17,20H,4-14,25H2,1-3H3,(H,26,29). The summed E-state index contributed by atoms with van der Waals surface area (Å²) < 4.78 is 33.7. The molecule has 1 aliphatic carbocycles. The van der Waals surface area contributed by atoms with Crippen LogP contribution < -0.4 is 11.1 Å². The lowest BCUT2D eigenvalue weighted by molar-refractivity contribution is 0.0635. The Bertz CT molecular complexity index is 650. The lowest BCUT2D eigenvalue weighted by Gasteiger charge is -2.28. The summed E-state index contributed by atoms with van der Waals surface area (Å²) in [6.07, 6.45) is 9.37. The van der Waals surface area contributed by atoms with Crippen LogP contribution >= 0.6 is 0 Å². The molecule has 0 aliphatic heterocycles. The van der Waals surface area contributed by atoms with E-state index >= 15 is 0 Å². The number of alkyl halides is 2. The Morgan fingerprint density at radius 2 is 1.83 bits per heavy atom. The van der Waals surface area contributed by atoms with E-state index in [-0.39, 0.29) is 11.7 Å². The van der Waals surface area contributed by atoms with Crippen LogP contribution in [0.1, 0.15) is 103 Å². The van der Waals surface area contributed by atoms with Crippen LogP contribution in [0.2, 0.25) is 0 Å². The minimum atomic E-state index is -2.76. The monoisotopic (exact) mass is 428 g/mol. The molecule has 0 bridgehead atoms. The fourth-order valence-electron chi connectivity index (χ4n) is 4.07. The molecule has 0 atom stereocenters. The van der Waals surface area contributed by atoms with E-state index < -0.39 is 23.8 Å². The second kappa shape index (κ2) is 11.6. The Morgan fingerprint density at radius 1 is 1.20 bits per heavy atom. The number of nitrogens with two attached hydrogens (primary N) is 1. The van der Waals surface area contributed by atoms with Crippen molar-refractivity contribution in [3.8, 4) is 0 Å². The van der Waals surface area contributed by atoms with Crippen molar-refractivity contribution >= 4 is 11.8 Å². The maximum atomic E-state index is 13.4. The molecular weight excluding hydrogens is 390 g/mol. The van der Waals surface area contributed by atoms with Crippen LogP contribution in [0.5, 0.6) is 0 Å². The summed E-state index contributed by atoms with van der Waals surface area (Å²) in [4.78, 5) is 12.0. The first-order valence-corrected chi connectivity index (χ1v) is 11.3. The highest BCUT2D eigenvalue weighted by atomic mass is 19.3. The first kappa shape index (κ1) is 24.6. The van der Waals surface area contributed by atoms with Gasteiger partial charge in [0.15, 0.2) is 5.69 Å². The zero-order chi connectivity index (χ0) is 22.1. The molecule has 2 rings (SSSR count). The van der Waals surface area contributed by atoms with Crippen molar-refractivity contribution in [2.24, 2.45) is 11.7 Å². The Labute approximate surface area is 178 Å². The number of carbonyl (C=O) groups is 1. The van der Waals surface area contributed by atoms with Crippen LogP contribution in [0.25, 0.3) is 0 Å². The highest BCUT2D eigenvalue weighted by Crippen LogP contribution is 2.36. The number of amides is 1. The van der Waals surface area contributed by atoms with Crippen molar-refractivity contribution in [3.63, 3.8) is 0 Å². The highest BCUT2D eigenvalue weighted by Gasteiger charge is 2.27. The van der Waals surface area contributed by atoms with Gasteiger partial charge in [0.25, 0.3) is 6.43 Å². The van der Waals surface area contributed by atoms with Crippen LogP contribution in [-0.4, -0.2) is 28.0 Å². The molecule has 1 amide bonds. The van der Waals surface area contributed by atoms with Crippen molar-refractivity contribution < 1.29 is 18.3 Å². The number of carbonyl (C=O) groups excluding carboxylic acids is 1. The summed E-state index contributed by atoms with van der Waals surface area (Å²) in [5.74, 6) is 0.709. The SMILES string of the molecule is CC(C)(C)OC(=O)Nc1cn(C2CCC(CCCCCCCN)CC2)nc1C(F)F. The fourth-order valence-corrected chi connectivity index (χ4v) is 4.07. The fraction of sp³-hybridized carbons (Fsp3) is 0.818. The van der Waals surface area contributed by atoms with Gasteiger partial charge in [0.05, 0.1) is 11.7 Å². The van der Waals surface area contributed by atoms with Crippen molar-refractivity contribution in [1.29, 1.82) is 0 Å². The van der Waals surface area contributed by atoms with Gasteiger partial charge in [-0.15, -0.1) is 0 Å². The van der Waals surface area contributed by atoms with Crippen molar-refractivity contribution in [2.45, 2.75) is 103 Å². The number of anilines is 1. The molecule has 1 saturated carbocycles. The van der Waals surface area contributed by atoms with Gasteiger partial charge in [0.2, 0.25) is 0 Å². The minimum absolute atomic E-state index is 0.0267. The van der Waals surface area contributed by atoms with Gasteiger partial charge >= 0.3 is 6.09 Å². The quantitative estimate of drug-likeness (QED) is 0.435. The minimum Gasteiger partial charge on any atom is -0.444 e. The number of aromatic nitrogens is 2. The predicted molar refractivity (Wildman–Crippen MR) is 115 cm³/mol. The number of ether oxygens (including phenoxy) is 1. The number of nitrogens with one attached hydrogen (secondary N) is 1. The molecule has 30 heavy (non-hydrogen) atoms. The van der Waals surface area contributed by atoms with Crippen molar-refractivity contribution in [3.05, 3.63) is 11.9 Å². The normalized spacial score (nSPS) is 19.8. The molecule has 1 fully saturated rings. The first-order valence-electron chi connectivity index (χ1n) is 11.3. The van der Waals surface area contributed by atoms with Crippen LogP contribution in [0, 0.1) is 5.92 Å². The maximum absolute atomic E-state index is 13.4. The third-order valence-corrected chi connectivity index (χ3v) is 5.61. The lowest BCUT2D eigenvalue weighted by Crippen LogP contribution is -2.27. The third kappa shape index (κ3) is 8.20. The molecule has 0 aromatic carbocycles. The van der Waals surface area contributed by atoms with E-state index in [9.17, 15) is 13.6 Å². The van der Waals surface area contributed by atoms with Gasteiger partial charge in [-0.05, 0) is 65.3 Å². The highest BCUT2D eigenvalue weighted by molar-refractivity contribution is 5.85. The average Bonchev–Trinajstić information content (AvgIpc) is 3.07. The Morgan fingerprint density at radius 3 is 2.43 bits per heavy atom. The Hall–Kier alpha value is -1.70. The van der Waals surface area contributed by atoms with Gasteiger partial charge < -0.3 is 10.5 Å². The van der Waals surface area contributed by atoms with Crippen molar-refractivity contribution in [1.82, 2.24) is 9.78 Å². The van der Waals surface area contributed by atoms with Crippen LogP contribution in [0.4, 0.5) is 19.3 Å². The largest absolute Gasteiger partial charge is 0.444 e. The summed E-state index contributed by atoms with van der Waals surface area (Å²) in [7, 11) is 0. The third-order valence-electron chi connectivity index (χ3n) is 5.61. The molecule has 172 valence electrons. The van der Waals surface area contributed by atoms with Gasteiger partial charge in [0.1, 0.15) is 5.60 Å². The number of nitrogens with zero attached hydrogens (tertiary/aromatic N) is 2. The van der Waals surface area contributed by atoms with Gasteiger partial charge in [-0.1, -0.05) is 32.1 Å². The molecule has 8 heteroatoms. The van der Waals surface area contributed by atoms with E-state index in [1.54, 1.807) is 25.5 Å². The van der Waals surface area contributed by atoms with Crippen LogP contribution in [-0.2, 0) is 4.74 Å². The van der Waals surface area contributed by atoms with E-state index in [1.165, 1.54) is 38.3 Å². The van der Waals surface area contributed by atoms with E-state index in [0.29, 0.717) is 5.92 Å². The molecule has 0 unspecified atom stereocenters. The Kier molecular flexibility index (Phi) is 9.52. The van der Waals surface area contributed by atoms with E-state index in [4.69, 9.17) is 10.5 Å². The van der Waals surface area contributed by atoms with Crippen molar-refractivity contribution in [2.75, 3.05) is 11.9 Å². The molecule has 1 aromatic heterocycles. The Balaban J connectivity index is 1.86. The van der Waals surface area contributed by atoms with Gasteiger partial charge in [-0.25, -0.2) is 13.6 Å². The smallest absolute Gasteiger partial charge is 0.412 e. The van der Waals surface area contributed by atoms with Crippen LogP contribution in [0.3, 0.4) is 0 Å². The van der Waals surface area contributed by atoms with E-state index in [0.717, 1.165) is 38.6 Å². The predicted octanol–water partition coefficient (Wildman–Crippen LogP) is 6.20. The number of hydrogen-bond donors (Lipinski definition) is 2. The van der Waals surface area contributed by atoms with Gasteiger partial charge in [0, 0.05) is 6.20 Å². The summed E-state index contributed by atoms with van der Waals surface area (Å²) in [6, 6.07) is 0.0949. The molecule has 1 aromatic rings. The molecule has 0 spiro atoms. The summed E-state index contributed by atoms with van der Waals surface area (Å²) in [5, 5.41) is 6.53. The topological polar surface area (TPSA) is 82.2 Å². The van der Waals surface area contributed by atoms with E-state index in [2.05, 4.69) is 10.4 Å². The zero-order valence-corrected chi connectivity index (χ0v) is 18.6. The summed E-state index contributed by atoms with van der Waals surface area (Å²) in [5.41, 5.74) is 4.44. The number of rotatable bonds is 10. The summed E-state index contributed by atoms with van der Waals surface area (Å²) in [6.45, 7) is 5.95. The van der Waals surface area contributed by atoms with E-state index in [1.807, 2.05) is 0 Å². The lowest BCUT2D eigenvalue weighted by atomic mass is 9.83. The molecular formula is C22H38F2N4O2. The number of hydrogen-bond acceptors (Lipinski definition) is 4.